The smallest absolute Gasteiger partial charge is 0.350 e. The highest BCUT2D eigenvalue weighted by Crippen LogP contribution is 2.48. The first-order chi connectivity index (χ1) is 21.6. The van der Waals surface area contributed by atoms with Gasteiger partial charge in [0.05, 0.1) is 16.6 Å². The number of halogens is 4. The molecule has 1 saturated carbocycles. The lowest BCUT2D eigenvalue weighted by Gasteiger charge is -2.41. The van der Waals surface area contributed by atoms with Crippen molar-refractivity contribution >= 4 is 59.5 Å². The summed E-state index contributed by atoms with van der Waals surface area (Å²) in [7, 11) is 0. The summed E-state index contributed by atoms with van der Waals surface area (Å²) < 4.78 is 45.3. The number of nitrogens with zero attached hydrogens (tertiary/aromatic N) is 6. The van der Waals surface area contributed by atoms with E-state index in [0.717, 1.165) is 32.2 Å². The molecular formula is C32H36ClF3N6O2S2. The van der Waals surface area contributed by atoms with E-state index in [-0.39, 0.29) is 47.6 Å². The van der Waals surface area contributed by atoms with Crippen LogP contribution in [0.4, 0.5) is 19.0 Å². The van der Waals surface area contributed by atoms with Crippen molar-refractivity contribution in [3.63, 3.8) is 0 Å². The van der Waals surface area contributed by atoms with Gasteiger partial charge in [0, 0.05) is 97.7 Å². The van der Waals surface area contributed by atoms with E-state index in [4.69, 9.17) is 11.6 Å². The van der Waals surface area contributed by atoms with Crippen LogP contribution in [0.15, 0.2) is 40.5 Å². The van der Waals surface area contributed by atoms with Gasteiger partial charge in [-0.1, -0.05) is 18.2 Å². The monoisotopic (exact) mass is 692 g/mol. The molecule has 246 valence electrons. The molecule has 14 heteroatoms. The molecule has 4 heterocycles. The van der Waals surface area contributed by atoms with Crippen LogP contribution in [0.3, 0.4) is 0 Å². The van der Waals surface area contributed by atoms with E-state index < -0.39 is 23.1 Å². The average Bonchev–Trinajstić information content (AvgIpc) is 3.87. The van der Waals surface area contributed by atoms with Crippen molar-refractivity contribution in [2.75, 3.05) is 63.0 Å². The molecular weight excluding hydrogens is 657 g/mol. The molecule has 0 N–H and O–H groups in total. The zero-order valence-corrected chi connectivity index (χ0v) is 28.0. The number of carbonyl (C=O) groups is 1. The molecule has 2 saturated heterocycles. The number of carbonyl (C=O) groups excluding carboxylic acids is 1. The van der Waals surface area contributed by atoms with Gasteiger partial charge in [-0.05, 0) is 38.0 Å². The standard InChI is InChI=1S/C32H34ClF3N6O2S.H2S/c1-3-27(43)40-10-11-41(18(2)15-40)31-22-12-23(33)28(21-13-25(35)26(36)14-24(21)34)30-29(22)42(32(44)37-31)20(17-45-30)16-38-6-8-39(9-7-38)19-4-5-19;/h3,12-14,18-20H,1,4-11,15-17H2,2H3;1H2/t18-,20-;/m0./s1. The minimum atomic E-state index is -1.29. The number of anilines is 1. The first-order valence-corrected chi connectivity index (χ1v) is 16.7. The Morgan fingerprint density at radius 1 is 1.07 bits per heavy atom. The molecule has 1 aliphatic carbocycles. The molecule has 2 atom stereocenters. The number of benzene rings is 2. The summed E-state index contributed by atoms with van der Waals surface area (Å²) in [4.78, 5) is 40.1. The summed E-state index contributed by atoms with van der Waals surface area (Å²) in [5, 5.41) is 0.762. The Hall–Kier alpha value is -2.71. The van der Waals surface area contributed by atoms with Crippen molar-refractivity contribution in [3.8, 4) is 11.1 Å². The van der Waals surface area contributed by atoms with Gasteiger partial charge >= 0.3 is 5.69 Å². The van der Waals surface area contributed by atoms with Crippen molar-refractivity contribution in [1.82, 2.24) is 24.3 Å². The minimum absolute atomic E-state index is 0. The Morgan fingerprint density at radius 3 is 2.46 bits per heavy atom. The van der Waals surface area contributed by atoms with Crippen LogP contribution < -0.4 is 10.6 Å². The molecule has 3 aromatic rings. The van der Waals surface area contributed by atoms with Crippen LogP contribution in [0, 0.1) is 17.5 Å². The molecule has 7 rings (SSSR count). The molecule has 0 spiro atoms. The topological polar surface area (TPSA) is 64.9 Å². The summed E-state index contributed by atoms with van der Waals surface area (Å²) in [5.41, 5.74) is 0.182. The second-order valence-corrected chi connectivity index (χ2v) is 13.8. The second-order valence-electron chi connectivity index (χ2n) is 12.4. The predicted octanol–water partition coefficient (Wildman–Crippen LogP) is 4.90. The number of thioether (sulfide) groups is 1. The third kappa shape index (κ3) is 5.93. The van der Waals surface area contributed by atoms with E-state index in [1.807, 2.05) is 11.8 Å². The normalized spacial score (nSPS) is 22.2. The van der Waals surface area contributed by atoms with Crippen molar-refractivity contribution in [2.45, 2.75) is 42.8 Å². The molecule has 1 aromatic heterocycles. The maximum absolute atomic E-state index is 15.2. The second kappa shape index (κ2) is 13.1. The molecule has 0 unspecified atom stereocenters. The van der Waals surface area contributed by atoms with Crippen molar-refractivity contribution in [1.29, 1.82) is 0 Å². The van der Waals surface area contributed by atoms with E-state index in [1.165, 1.54) is 30.7 Å². The van der Waals surface area contributed by atoms with Gasteiger partial charge in [-0.25, -0.2) is 18.0 Å². The van der Waals surface area contributed by atoms with Crippen LogP contribution in [-0.4, -0.2) is 100 Å². The predicted molar refractivity (Wildman–Crippen MR) is 181 cm³/mol. The zero-order chi connectivity index (χ0) is 31.6. The van der Waals surface area contributed by atoms with Crippen LogP contribution in [0.1, 0.15) is 25.8 Å². The summed E-state index contributed by atoms with van der Waals surface area (Å²) in [5.74, 6) is -2.64. The zero-order valence-electron chi connectivity index (χ0n) is 25.4. The first kappa shape index (κ1) is 33.2. The van der Waals surface area contributed by atoms with Crippen LogP contribution in [-0.2, 0) is 4.79 Å². The summed E-state index contributed by atoms with van der Waals surface area (Å²) in [6.45, 7) is 11.3. The largest absolute Gasteiger partial charge is 0.350 e. The molecule has 4 aliphatic rings. The lowest BCUT2D eigenvalue weighted by molar-refractivity contribution is -0.126. The third-order valence-electron chi connectivity index (χ3n) is 9.49. The summed E-state index contributed by atoms with van der Waals surface area (Å²) >= 11 is 8.31. The number of amides is 1. The van der Waals surface area contributed by atoms with Crippen molar-refractivity contribution in [2.24, 2.45) is 0 Å². The lowest BCUT2D eigenvalue weighted by atomic mass is 10.0. The van der Waals surface area contributed by atoms with E-state index >= 15 is 4.39 Å². The maximum atomic E-state index is 15.2. The maximum Gasteiger partial charge on any atom is 0.350 e. The Bertz CT molecular complexity index is 1760. The number of rotatable bonds is 6. The van der Waals surface area contributed by atoms with Gasteiger partial charge in [0.15, 0.2) is 11.6 Å². The quantitative estimate of drug-likeness (QED) is 0.269. The van der Waals surface area contributed by atoms with E-state index in [9.17, 15) is 18.4 Å². The lowest BCUT2D eigenvalue weighted by Crippen LogP contribution is -2.54. The third-order valence-corrected chi connectivity index (χ3v) is 11.0. The Balaban J connectivity index is 0.00000372. The van der Waals surface area contributed by atoms with Crippen LogP contribution in [0.25, 0.3) is 22.0 Å². The van der Waals surface area contributed by atoms with Gasteiger partial charge < -0.3 is 9.80 Å². The van der Waals surface area contributed by atoms with E-state index in [2.05, 4.69) is 21.4 Å². The molecule has 0 bridgehead atoms. The van der Waals surface area contributed by atoms with Gasteiger partial charge in [0.1, 0.15) is 11.6 Å². The highest BCUT2D eigenvalue weighted by Gasteiger charge is 2.36. The Morgan fingerprint density at radius 2 is 1.78 bits per heavy atom. The molecule has 8 nitrogen and oxygen atoms in total. The molecule has 3 fully saturated rings. The van der Waals surface area contributed by atoms with E-state index in [0.29, 0.717) is 65.7 Å². The van der Waals surface area contributed by atoms with Crippen LogP contribution in [0.5, 0.6) is 0 Å². The Labute approximate surface area is 281 Å². The number of aromatic nitrogens is 2. The number of hydrogen-bond donors (Lipinski definition) is 0. The summed E-state index contributed by atoms with van der Waals surface area (Å²) in [6.07, 6.45) is 3.82. The Kier molecular flexibility index (Phi) is 9.43. The number of piperazine rings is 2. The van der Waals surface area contributed by atoms with Crippen LogP contribution >= 0.6 is 36.9 Å². The van der Waals surface area contributed by atoms with Gasteiger partial charge in [0.2, 0.25) is 5.91 Å². The first-order valence-electron chi connectivity index (χ1n) is 15.4. The van der Waals surface area contributed by atoms with Gasteiger partial charge in [-0.2, -0.15) is 18.5 Å². The SMILES string of the molecule is C=CC(=O)N1CCN(c2nc(=O)n3c4c(c(-c5cc(F)c(F)cc5F)c(Cl)cc24)SC[C@@H]3CN2CCN(C3CC3)CC2)[C@@H](C)C1.S. The van der Waals surface area contributed by atoms with E-state index in [1.54, 1.807) is 15.5 Å². The fourth-order valence-electron chi connectivity index (χ4n) is 7.03. The van der Waals surface area contributed by atoms with Gasteiger partial charge in [-0.3, -0.25) is 19.2 Å². The molecule has 2 aromatic carbocycles. The van der Waals surface area contributed by atoms with Crippen LogP contribution in [0.2, 0.25) is 5.02 Å². The molecule has 3 aliphatic heterocycles. The van der Waals surface area contributed by atoms with Gasteiger partial charge in [0.25, 0.3) is 0 Å². The highest BCUT2D eigenvalue weighted by atomic mass is 35.5. The molecule has 0 radical (unpaired) electrons. The minimum Gasteiger partial charge on any atom is -0.350 e. The fourth-order valence-corrected chi connectivity index (χ4v) is 8.71. The average molecular weight is 693 g/mol. The van der Waals surface area contributed by atoms with Crippen molar-refractivity contribution in [3.05, 3.63) is 63.8 Å². The summed E-state index contributed by atoms with van der Waals surface area (Å²) in [6, 6.07) is 3.32. The highest BCUT2D eigenvalue weighted by molar-refractivity contribution is 7.99. The van der Waals surface area contributed by atoms with Crippen molar-refractivity contribution < 1.29 is 18.0 Å². The fraction of sp³-hybridized carbons (Fsp3) is 0.469. The molecule has 46 heavy (non-hydrogen) atoms. The van der Waals surface area contributed by atoms with Gasteiger partial charge in [-0.15, -0.1) is 11.8 Å². The molecule has 1 amide bonds. The number of hydrogen-bond acceptors (Lipinski definition) is 7.